The molecule has 0 unspecified atom stereocenters. The summed E-state index contributed by atoms with van der Waals surface area (Å²) in [6.45, 7) is 0.323. The van der Waals surface area contributed by atoms with Crippen molar-refractivity contribution in [3.63, 3.8) is 0 Å². The zero-order valence-corrected chi connectivity index (χ0v) is 13.1. The topological polar surface area (TPSA) is 85.1 Å². The van der Waals surface area contributed by atoms with Gasteiger partial charge in [-0.15, -0.1) is 11.3 Å². The molecule has 0 fully saturated rings. The Kier molecular flexibility index (Phi) is 4.56. The summed E-state index contributed by atoms with van der Waals surface area (Å²) in [4.78, 5) is 4.89. The number of thiophene rings is 1. The van der Waals surface area contributed by atoms with E-state index in [0.717, 1.165) is 8.66 Å². The standard InChI is InChI=1S/C11H12BrN3O2S2/c12-10-4-3-8(18-10)5-7-15-19(16,17)9-2-1-6-14-11(9)13/h1-4,6,15H,5,7H2,(H2,13,14). The molecule has 0 aliphatic heterocycles. The molecular weight excluding hydrogens is 350 g/mol. The van der Waals surface area contributed by atoms with Gasteiger partial charge in [0.25, 0.3) is 0 Å². The van der Waals surface area contributed by atoms with E-state index in [0.29, 0.717) is 13.0 Å². The molecule has 102 valence electrons. The Morgan fingerprint density at radius 3 is 2.79 bits per heavy atom. The highest BCUT2D eigenvalue weighted by Gasteiger charge is 2.17. The molecule has 0 amide bonds. The number of nitrogens with two attached hydrogens (primary N) is 1. The second-order valence-electron chi connectivity index (χ2n) is 3.74. The summed E-state index contributed by atoms with van der Waals surface area (Å²) in [5.41, 5.74) is 5.56. The van der Waals surface area contributed by atoms with Crippen molar-refractivity contribution in [3.05, 3.63) is 39.1 Å². The molecule has 0 aliphatic carbocycles. The summed E-state index contributed by atoms with van der Waals surface area (Å²) >= 11 is 4.95. The summed E-state index contributed by atoms with van der Waals surface area (Å²) in [7, 11) is -3.60. The van der Waals surface area contributed by atoms with Gasteiger partial charge >= 0.3 is 0 Å². The number of pyridine rings is 1. The molecule has 0 bridgehead atoms. The van der Waals surface area contributed by atoms with Crippen LogP contribution in [-0.4, -0.2) is 19.9 Å². The molecule has 0 saturated carbocycles. The number of sulfonamides is 1. The van der Waals surface area contributed by atoms with E-state index in [-0.39, 0.29) is 10.7 Å². The fraction of sp³-hybridized carbons (Fsp3) is 0.182. The SMILES string of the molecule is Nc1ncccc1S(=O)(=O)NCCc1ccc(Br)s1. The lowest BCUT2D eigenvalue weighted by atomic mass is 10.3. The molecule has 0 atom stereocenters. The van der Waals surface area contributed by atoms with Gasteiger partial charge in [-0.25, -0.2) is 18.1 Å². The summed E-state index contributed by atoms with van der Waals surface area (Å²) in [6.07, 6.45) is 2.09. The van der Waals surface area contributed by atoms with Gasteiger partial charge in [0.15, 0.2) is 0 Å². The highest BCUT2D eigenvalue weighted by atomic mass is 79.9. The van der Waals surface area contributed by atoms with Crippen LogP contribution in [-0.2, 0) is 16.4 Å². The first-order chi connectivity index (χ1) is 8.99. The third kappa shape index (κ3) is 3.75. The van der Waals surface area contributed by atoms with E-state index in [1.807, 2.05) is 12.1 Å². The maximum Gasteiger partial charge on any atom is 0.244 e. The largest absolute Gasteiger partial charge is 0.383 e. The monoisotopic (exact) mass is 361 g/mol. The van der Waals surface area contributed by atoms with Gasteiger partial charge in [0.1, 0.15) is 10.7 Å². The molecular formula is C11H12BrN3O2S2. The summed E-state index contributed by atoms with van der Waals surface area (Å²) in [6, 6.07) is 6.88. The molecule has 2 rings (SSSR count). The van der Waals surface area contributed by atoms with Crippen molar-refractivity contribution in [2.45, 2.75) is 11.3 Å². The zero-order chi connectivity index (χ0) is 13.9. The van der Waals surface area contributed by atoms with Crippen LogP contribution >= 0.6 is 27.3 Å². The van der Waals surface area contributed by atoms with E-state index < -0.39 is 10.0 Å². The summed E-state index contributed by atoms with van der Waals surface area (Å²) in [5, 5.41) is 0. The van der Waals surface area contributed by atoms with Crippen molar-refractivity contribution < 1.29 is 8.42 Å². The Morgan fingerprint density at radius 2 is 2.16 bits per heavy atom. The number of nitrogens with zero attached hydrogens (tertiary/aromatic N) is 1. The van der Waals surface area contributed by atoms with E-state index in [2.05, 4.69) is 25.6 Å². The number of halogens is 1. The van der Waals surface area contributed by atoms with Crippen LogP contribution in [0.2, 0.25) is 0 Å². The van der Waals surface area contributed by atoms with E-state index in [9.17, 15) is 8.42 Å². The van der Waals surface area contributed by atoms with Crippen molar-refractivity contribution in [3.8, 4) is 0 Å². The second-order valence-corrected chi connectivity index (χ2v) is 8.02. The fourth-order valence-corrected chi connectivity index (χ4v) is 4.10. The number of hydrogen-bond donors (Lipinski definition) is 2. The minimum Gasteiger partial charge on any atom is -0.383 e. The molecule has 2 heterocycles. The Bertz CT molecular complexity index is 670. The molecule has 3 N–H and O–H groups in total. The van der Waals surface area contributed by atoms with E-state index in [1.54, 1.807) is 17.4 Å². The van der Waals surface area contributed by atoms with Crippen LogP contribution in [0.5, 0.6) is 0 Å². The molecule has 0 aliphatic rings. The summed E-state index contributed by atoms with van der Waals surface area (Å²) < 4.78 is 27.6. The second kappa shape index (κ2) is 6.00. The van der Waals surface area contributed by atoms with Crippen LogP contribution in [0, 0.1) is 0 Å². The molecule has 0 aromatic carbocycles. The van der Waals surface area contributed by atoms with E-state index in [4.69, 9.17) is 5.73 Å². The van der Waals surface area contributed by atoms with Crippen LogP contribution in [0.4, 0.5) is 5.82 Å². The van der Waals surface area contributed by atoms with Crippen molar-refractivity contribution in [1.29, 1.82) is 0 Å². The number of anilines is 1. The lowest BCUT2D eigenvalue weighted by Gasteiger charge is -2.07. The van der Waals surface area contributed by atoms with Gasteiger partial charge in [-0.2, -0.15) is 0 Å². The Balaban J connectivity index is 2.01. The molecule has 19 heavy (non-hydrogen) atoms. The number of nitrogens with one attached hydrogen (secondary N) is 1. The maximum absolute atomic E-state index is 12.0. The van der Waals surface area contributed by atoms with Crippen LogP contribution in [0.3, 0.4) is 0 Å². The zero-order valence-electron chi connectivity index (χ0n) is 9.84. The molecule has 8 heteroatoms. The van der Waals surface area contributed by atoms with Crippen LogP contribution in [0.25, 0.3) is 0 Å². The number of rotatable bonds is 5. The van der Waals surface area contributed by atoms with Gasteiger partial charge in [-0.05, 0) is 46.6 Å². The van der Waals surface area contributed by atoms with E-state index in [1.165, 1.54) is 12.3 Å². The van der Waals surface area contributed by atoms with Crippen LogP contribution in [0.15, 0.2) is 39.1 Å². The van der Waals surface area contributed by atoms with Gasteiger partial charge in [0.05, 0.1) is 3.79 Å². The number of aromatic nitrogens is 1. The minimum absolute atomic E-state index is 0.00821. The van der Waals surface area contributed by atoms with E-state index >= 15 is 0 Å². The van der Waals surface area contributed by atoms with Gasteiger partial charge in [0, 0.05) is 17.6 Å². The third-order valence-electron chi connectivity index (χ3n) is 2.38. The Morgan fingerprint density at radius 1 is 1.37 bits per heavy atom. The highest BCUT2D eigenvalue weighted by Crippen LogP contribution is 2.22. The highest BCUT2D eigenvalue weighted by molar-refractivity contribution is 9.11. The molecule has 2 aromatic heterocycles. The van der Waals surface area contributed by atoms with Crippen molar-refractivity contribution >= 4 is 43.1 Å². The van der Waals surface area contributed by atoms with Gasteiger partial charge < -0.3 is 5.73 Å². The molecule has 5 nitrogen and oxygen atoms in total. The number of hydrogen-bond acceptors (Lipinski definition) is 5. The van der Waals surface area contributed by atoms with Crippen molar-refractivity contribution in [2.24, 2.45) is 0 Å². The first kappa shape index (κ1) is 14.4. The normalized spacial score (nSPS) is 11.6. The number of nitrogen functional groups attached to an aromatic ring is 1. The van der Waals surface area contributed by atoms with Gasteiger partial charge in [0.2, 0.25) is 10.0 Å². The van der Waals surface area contributed by atoms with Gasteiger partial charge in [-0.1, -0.05) is 0 Å². The lowest BCUT2D eigenvalue weighted by Crippen LogP contribution is -2.26. The molecule has 0 saturated heterocycles. The summed E-state index contributed by atoms with van der Waals surface area (Å²) in [5.74, 6) is 0.00821. The van der Waals surface area contributed by atoms with Crippen molar-refractivity contribution in [1.82, 2.24) is 9.71 Å². The molecule has 0 radical (unpaired) electrons. The molecule has 2 aromatic rings. The predicted molar refractivity (Wildman–Crippen MR) is 79.6 cm³/mol. The fourth-order valence-electron chi connectivity index (χ4n) is 1.50. The van der Waals surface area contributed by atoms with Crippen molar-refractivity contribution in [2.75, 3.05) is 12.3 Å². The average molecular weight is 362 g/mol. The third-order valence-corrected chi connectivity index (χ3v) is 5.57. The molecule has 0 spiro atoms. The first-order valence-corrected chi connectivity index (χ1v) is 8.53. The smallest absolute Gasteiger partial charge is 0.244 e. The Labute approximate surface area is 124 Å². The van der Waals surface area contributed by atoms with Crippen LogP contribution < -0.4 is 10.5 Å². The first-order valence-electron chi connectivity index (χ1n) is 5.43. The maximum atomic E-state index is 12.0. The quantitative estimate of drug-likeness (QED) is 0.852. The van der Waals surface area contributed by atoms with Gasteiger partial charge in [-0.3, -0.25) is 0 Å². The minimum atomic E-state index is -3.60. The Hall–Kier alpha value is -0.960. The van der Waals surface area contributed by atoms with Crippen LogP contribution in [0.1, 0.15) is 4.88 Å². The lowest BCUT2D eigenvalue weighted by molar-refractivity contribution is 0.582. The average Bonchev–Trinajstić information content (AvgIpc) is 2.75. The predicted octanol–water partition coefficient (Wildman–Crippen LogP) is 2.01.